The Morgan fingerprint density at radius 1 is 1.21 bits per heavy atom. The summed E-state index contributed by atoms with van der Waals surface area (Å²) < 4.78 is 46.0. The molecule has 28 heavy (non-hydrogen) atoms. The lowest BCUT2D eigenvalue weighted by atomic mass is 9.89. The van der Waals surface area contributed by atoms with Crippen LogP contribution >= 0.6 is 12.4 Å². The lowest BCUT2D eigenvalue weighted by Crippen LogP contribution is -2.30. The smallest absolute Gasteiger partial charge is 0.340 e. The Bertz CT molecular complexity index is 940. The normalized spacial score (nSPS) is 19.8. The highest BCUT2D eigenvalue weighted by atomic mass is 35.5. The fraction of sp³-hybridized carbons (Fsp3) is 0.316. The minimum atomic E-state index is -3.91. The molecule has 1 aliphatic rings. The molecule has 0 unspecified atom stereocenters. The second kappa shape index (κ2) is 9.00. The number of carbonyl (C=O) groups excluding carboxylic acids is 1. The van der Waals surface area contributed by atoms with Crippen molar-refractivity contribution in [2.75, 3.05) is 26.7 Å². The fourth-order valence-electron chi connectivity index (χ4n) is 3.43. The van der Waals surface area contributed by atoms with Gasteiger partial charge in [-0.15, -0.1) is 12.4 Å². The summed E-state index contributed by atoms with van der Waals surface area (Å²) in [5.41, 5.74) is 6.59. The molecule has 2 N–H and O–H groups in total. The van der Waals surface area contributed by atoms with Crippen molar-refractivity contribution in [2.45, 2.75) is 10.8 Å². The summed E-state index contributed by atoms with van der Waals surface area (Å²) in [4.78, 5) is 11.3. The van der Waals surface area contributed by atoms with Crippen LogP contribution in [0.25, 0.3) is 0 Å². The zero-order valence-corrected chi connectivity index (χ0v) is 16.9. The van der Waals surface area contributed by atoms with E-state index in [0.29, 0.717) is 6.54 Å². The molecule has 0 saturated carbocycles. The van der Waals surface area contributed by atoms with E-state index >= 15 is 0 Å². The van der Waals surface area contributed by atoms with Crippen LogP contribution in [-0.4, -0.2) is 45.4 Å². The summed E-state index contributed by atoms with van der Waals surface area (Å²) in [5, 5.41) is 0. The Kier molecular flexibility index (Phi) is 7.16. The zero-order chi connectivity index (χ0) is 19.6. The minimum Gasteiger partial charge on any atom is -0.465 e. The van der Waals surface area contributed by atoms with Gasteiger partial charge in [0.2, 0.25) is 10.0 Å². The number of rotatable bonds is 5. The quantitative estimate of drug-likeness (QED) is 0.738. The van der Waals surface area contributed by atoms with Gasteiger partial charge in [-0.2, -0.15) is 4.31 Å². The lowest BCUT2D eigenvalue weighted by molar-refractivity contribution is 0.0595. The lowest BCUT2D eigenvalue weighted by Gasteiger charge is -2.17. The third-order valence-corrected chi connectivity index (χ3v) is 6.75. The third kappa shape index (κ3) is 4.20. The summed E-state index contributed by atoms with van der Waals surface area (Å²) in [6, 6.07) is 12.8. The van der Waals surface area contributed by atoms with Gasteiger partial charge < -0.3 is 10.5 Å². The number of nitrogens with two attached hydrogens (primary N) is 1. The number of ether oxygens (including phenoxy) is 1. The monoisotopic (exact) mass is 428 g/mol. The SMILES string of the molecule is COC(=O)c1ccc(S(=O)(=O)N2C[C@@H](CN)[C@H](c3ccccc3)C2)cc1F.Cl. The number of carbonyl (C=O) groups is 1. The number of halogens is 2. The van der Waals surface area contributed by atoms with Crippen LogP contribution in [0.2, 0.25) is 0 Å². The molecule has 1 heterocycles. The van der Waals surface area contributed by atoms with Gasteiger partial charge in [-0.25, -0.2) is 17.6 Å². The Hall–Kier alpha value is -2.00. The van der Waals surface area contributed by atoms with Crippen molar-refractivity contribution in [2.24, 2.45) is 11.7 Å². The van der Waals surface area contributed by atoms with Crippen LogP contribution in [0.3, 0.4) is 0 Å². The molecule has 0 spiro atoms. The number of methoxy groups -OCH3 is 1. The number of esters is 1. The number of hydrogen-bond acceptors (Lipinski definition) is 5. The van der Waals surface area contributed by atoms with Crippen LogP contribution in [0.5, 0.6) is 0 Å². The topological polar surface area (TPSA) is 89.7 Å². The molecule has 2 atom stereocenters. The molecule has 3 rings (SSSR count). The van der Waals surface area contributed by atoms with Crippen LogP contribution in [0.4, 0.5) is 4.39 Å². The Morgan fingerprint density at radius 3 is 2.46 bits per heavy atom. The van der Waals surface area contributed by atoms with Gasteiger partial charge in [-0.3, -0.25) is 0 Å². The van der Waals surface area contributed by atoms with Gasteiger partial charge >= 0.3 is 5.97 Å². The van der Waals surface area contributed by atoms with Crippen molar-refractivity contribution < 1.29 is 22.3 Å². The van der Waals surface area contributed by atoms with E-state index in [9.17, 15) is 17.6 Å². The molecular formula is C19H22ClFN2O4S. The largest absolute Gasteiger partial charge is 0.465 e. The van der Waals surface area contributed by atoms with Gasteiger partial charge in [0.1, 0.15) is 5.82 Å². The van der Waals surface area contributed by atoms with E-state index in [1.165, 1.54) is 10.4 Å². The maximum atomic E-state index is 14.2. The Morgan fingerprint density at radius 2 is 1.89 bits per heavy atom. The zero-order valence-electron chi connectivity index (χ0n) is 15.2. The predicted molar refractivity (Wildman–Crippen MR) is 105 cm³/mol. The molecule has 2 aromatic rings. The van der Waals surface area contributed by atoms with E-state index in [2.05, 4.69) is 4.74 Å². The van der Waals surface area contributed by atoms with Crippen LogP contribution in [0, 0.1) is 11.7 Å². The maximum absolute atomic E-state index is 14.2. The minimum absolute atomic E-state index is 0. The highest BCUT2D eigenvalue weighted by Gasteiger charge is 2.39. The highest BCUT2D eigenvalue weighted by molar-refractivity contribution is 7.89. The number of benzene rings is 2. The van der Waals surface area contributed by atoms with Gasteiger partial charge in [-0.05, 0) is 36.2 Å². The molecule has 0 bridgehead atoms. The molecule has 6 nitrogen and oxygen atoms in total. The van der Waals surface area contributed by atoms with Gasteiger partial charge in [0.15, 0.2) is 0 Å². The molecule has 1 saturated heterocycles. The summed E-state index contributed by atoms with van der Waals surface area (Å²) >= 11 is 0. The Balaban J connectivity index is 0.00000280. The van der Waals surface area contributed by atoms with E-state index in [1.807, 2.05) is 30.3 Å². The fourth-order valence-corrected chi connectivity index (χ4v) is 4.96. The van der Waals surface area contributed by atoms with Gasteiger partial charge in [0.05, 0.1) is 17.6 Å². The first kappa shape index (κ1) is 22.3. The molecule has 2 aromatic carbocycles. The van der Waals surface area contributed by atoms with Crippen LogP contribution in [0.1, 0.15) is 21.8 Å². The van der Waals surface area contributed by atoms with Crippen molar-refractivity contribution in [1.29, 1.82) is 0 Å². The standard InChI is InChI=1S/C19H21FN2O4S.ClH/c1-26-19(23)16-8-7-15(9-18(16)20)27(24,25)22-11-14(10-21)17(12-22)13-5-3-2-4-6-13;/h2-9,14,17H,10-12,21H2,1H3;1H/t14-,17+;/m1./s1. The second-order valence-corrected chi connectivity index (χ2v) is 8.41. The van der Waals surface area contributed by atoms with Gasteiger partial charge in [-0.1, -0.05) is 30.3 Å². The summed E-state index contributed by atoms with van der Waals surface area (Å²) in [7, 11) is -2.78. The molecule has 152 valence electrons. The van der Waals surface area contributed by atoms with Gasteiger partial charge in [0.25, 0.3) is 0 Å². The van der Waals surface area contributed by atoms with Crippen molar-refractivity contribution in [3.05, 3.63) is 65.5 Å². The van der Waals surface area contributed by atoms with E-state index in [0.717, 1.165) is 24.8 Å². The van der Waals surface area contributed by atoms with Crippen LogP contribution < -0.4 is 5.73 Å². The molecule has 9 heteroatoms. The molecule has 0 radical (unpaired) electrons. The summed E-state index contributed by atoms with van der Waals surface area (Å²) in [6.07, 6.45) is 0. The molecule has 1 fully saturated rings. The van der Waals surface area contributed by atoms with Crippen molar-refractivity contribution in [1.82, 2.24) is 4.31 Å². The molecule has 0 aliphatic carbocycles. The second-order valence-electron chi connectivity index (χ2n) is 6.47. The number of sulfonamides is 1. The molecule has 0 amide bonds. The van der Waals surface area contributed by atoms with Crippen molar-refractivity contribution >= 4 is 28.4 Å². The predicted octanol–water partition coefficient (Wildman–Crippen LogP) is 2.40. The summed E-state index contributed by atoms with van der Waals surface area (Å²) in [5.74, 6) is -1.84. The first-order valence-corrected chi connectivity index (χ1v) is 9.95. The van der Waals surface area contributed by atoms with Gasteiger partial charge in [0, 0.05) is 19.0 Å². The van der Waals surface area contributed by atoms with Crippen LogP contribution in [-0.2, 0) is 14.8 Å². The molecule has 1 aliphatic heterocycles. The average molecular weight is 429 g/mol. The van der Waals surface area contributed by atoms with Crippen molar-refractivity contribution in [3.63, 3.8) is 0 Å². The number of hydrogen-bond donors (Lipinski definition) is 1. The average Bonchev–Trinajstić information content (AvgIpc) is 3.13. The van der Waals surface area contributed by atoms with Crippen LogP contribution in [0.15, 0.2) is 53.4 Å². The van der Waals surface area contributed by atoms with E-state index in [-0.39, 0.29) is 47.8 Å². The van der Waals surface area contributed by atoms with E-state index in [4.69, 9.17) is 5.73 Å². The highest BCUT2D eigenvalue weighted by Crippen LogP contribution is 2.35. The summed E-state index contributed by atoms with van der Waals surface area (Å²) in [6.45, 7) is 0.884. The first-order chi connectivity index (χ1) is 12.9. The number of nitrogens with zero attached hydrogens (tertiary/aromatic N) is 1. The van der Waals surface area contributed by atoms with Crippen molar-refractivity contribution in [3.8, 4) is 0 Å². The Labute approximate surface area is 169 Å². The first-order valence-electron chi connectivity index (χ1n) is 8.51. The molecular weight excluding hydrogens is 407 g/mol. The maximum Gasteiger partial charge on any atom is 0.340 e. The third-order valence-electron chi connectivity index (χ3n) is 4.92. The van der Waals surface area contributed by atoms with E-state index in [1.54, 1.807) is 0 Å². The molecule has 0 aromatic heterocycles. The van der Waals surface area contributed by atoms with E-state index < -0.39 is 21.8 Å².